The first kappa shape index (κ1) is 12.8. The number of hydrogen-bond acceptors (Lipinski definition) is 2. The van der Waals surface area contributed by atoms with E-state index in [1.54, 1.807) is 17.0 Å². The number of nitrogens with one attached hydrogen (secondary N) is 1. The molecule has 0 saturated heterocycles. The Balaban J connectivity index is 2.14. The van der Waals surface area contributed by atoms with Crippen LogP contribution in [-0.4, -0.2) is 37.9 Å². The van der Waals surface area contributed by atoms with Gasteiger partial charge in [0.1, 0.15) is 0 Å². The Morgan fingerprint density at radius 2 is 1.78 bits per heavy atom. The van der Waals surface area contributed by atoms with E-state index >= 15 is 0 Å². The molecule has 0 radical (unpaired) electrons. The van der Waals surface area contributed by atoms with Crippen LogP contribution in [0.15, 0.2) is 24.3 Å². The van der Waals surface area contributed by atoms with E-state index in [1.807, 2.05) is 12.1 Å². The van der Waals surface area contributed by atoms with Gasteiger partial charge in [0.25, 0.3) is 11.7 Å². The lowest BCUT2D eigenvalue weighted by Crippen LogP contribution is -3.12. The van der Waals surface area contributed by atoms with E-state index < -0.39 is 0 Å². The van der Waals surface area contributed by atoms with Crippen LogP contribution in [0, 0.1) is 0 Å². The van der Waals surface area contributed by atoms with Crippen molar-refractivity contribution < 1.29 is 14.5 Å². The minimum absolute atomic E-state index is 0.375. The van der Waals surface area contributed by atoms with Gasteiger partial charge in [0.05, 0.1) is 37.4 Å². The second kappa shape index (κ2) is 5.31. The lowest BCUT2D eigenvalue weighted by Gasteiger charge is -2.20. The first-order valence-corrected chi connectivity index (χ1v) is 6.47. The van der Waals surface area contributed by atoms with Crippen molar-refractivity contribution in [1.82, 2.24) is 0 Å². The van der Waals surface area contributed by atoms with E-state index in [0.717, 1.165) is 25.3 Å². The summed E-state index contributed by atoms with van der Waals surface area (Å²) in [5.41, 5.74) is 1.30. The second-order valence-electron chi connectivity index (χ2n) is 4.51. The predicted octanol–water partition coefficient (Wildman–Crippen LogP) is 0.141. The van der Waals surface area contributed by atoms with Crippen LogP contribution in [0.2, 0.25) is 0 Å². The number of anilines is 1. The SMILES string of the molecule is CC[NH+](CC)CCN1C(=O)C(=O)c2ccccc21. The Kier molecular flexibility index (Phi) is 3.77. The van der Waals surface area contributed by atoms with Crippen molar-refractivity contribution in [3.63, 3.8) is 0 Å². The number of rotatable bonds is 5. The number of carbonyl (C=O) groups is 2. The molecule has 1 aliphatic heterocycles. The van der Waals surface area contributed by atoms with E-state index in [1.165, 1.54) is 4.90 Å². The highest BCUT2D eigenvalue weighted by atomic mass is 16.2. The lowest BCUT2D eigenvalue weighted by molar-refractivity contribution is -0.894. The van der Waals surface area contributed by atoms with E-state index in [0.29, 0.717) is 12.1 Å². The van der Waals surface area contributed by atoms with Crippen LogP contribution in [0.5, 0.6) is 0 Å². The molecule has 1 N–H and O–H groups in total. The predicted molar refractivity (Wildman–Crippen MR) is 70.0 cm³/mol. The number of hydrogen-bond donors (Lipinski definition) is 1. The molecule has 0 spiro atoms. The number of fused-ring (bicyclic) bond motifs is 1. The number of Topliss-reactive ketones (excluding diaryl/α,β-unsaturated/α-hetero) is 1. The van der Waals surface area contributed by atoms with Crippen LogP contribution in [0.1, 0.15) is 24.2 Å². The summed E-state index contributed by atoms with van der Waals surface area (Å²) >= 11 is 0. The summed E-state index contributed by atoms with van der Waals surface area (Å²) in [6.45, 7) is 7.81. The molecule has 2 rings (SSSR count). The fourth-order valence-electron chi connectivity index (χ4n) is 2.34. The Hall–Kier alpha value is -1.68. The quantitative estimate of drug-likeness (QED) is 0.752. The van der Waals surface area contributed by atoms with E-state index in [4.69, 9.17) is 0 Å². The number of carbonyl (C=O) groups excluding carboxylic acids is 2. The largest absolute Gasteiger partial charge is 0.334 e. The molecule has 0 unspecified atom stereocenters. The third-order valence-electron chi connectivity index (χ3n) is 3.57. The van der Waals surface area contributed by atoms with Crippen LogP contribution in [-0.2, 0) is 4.79 Å². The van der Waals surface area contributed by atoms with Crippen LogP contribution >= 0.6 is 0 Å². The zero-order valence-corrected chi connectivity index (χ0v) is 10.9. The van der Waals surface area contributed by atoms with Crippen molar-refractivity contribution in [3.8, 4) is 0 Å². The van der Waals surface area contributed by atoms with Gasteiger partial charge in [0.2, 0.25) is 0 Å². The minimum atomic E-state index is -0.386. The number of para-hydroxylation sites is 1. The van der Waals surface area contributed by atoms with E-state index in [2.05, 4.69) is 13.8 Å². The lowest BCUT2D eigenvalue weighted by atomic mass is 10.1. The van der Waals surface area contributed by atoms with Crippen LogP contribution in [0.25, 0.3) is 0 Å². The fraction of sp³-hybridized carbons (Fsp3) is 0.429. The molecule has 1 aliphatic rings. The summed E-state index contributed by atoms with van der Waals surface area (Å²) < 4.78 is 0. The molecule has 0 saturated carbocycles. The molecule has 0 bridgehead atoms. The molecule has 1 aromatic rings. The van der Waals surface area contributed by atoms with Gasteiger partial charge in [-0.2, -0.15) is 0 Å². The van der Waals surface area contributed by atoms with Crippen LogP contribution in [0.3, 0.4) is 0 Å². The van der Waals surface area contributed by atoms with Gasteiger partial charge in [-0.25, -0.2) is 0 Å². The molecule has 1 heterocycles. The van der Waals surface area contributed by atoms with Gasteiger partial charge >= 0.3 is 0 Å². The molecule has 0 aliphatic carbocycles. The maximum Gasteiger partial charge on any atom is 0.299 e. The molecule has 96 valence electrons. The number of likely N-dealkylation sites (N-methyl/N-ethyl adjacent to an activating group) is 1. The first-order valence-electron chi connectivity index (χ1n) is 6.47. The summed E-state index contributed by atoms with van der Waals surface area (Å²) in [4.78, 5) is 26.8. The third kappa shape index (κ3) is 2.16. The highest BCUT2D eigenvalue weighted by Crippen LogP contribution is 2.27. The molecule has 4 heteroatoms. The van der Waals surface area contributed by atoms with Crippen molar-refractivity contribution in [2.75, 3.05) is 31.1 Å². The smallest absolute Gasteiger partial charge is 0.299 e. The third-order valence-corrected chi connectivity index (χ3v) is 3.57. The standard InChI is InChI=1S/C14H18N2O2/c1-3-15(4-2)9-10-16-12-8-6-5-7-11(12)13(17)14(16)18/h5-8H,3-4,9-10H2,1-2H3/p+1. The van der Waals surface area contributed by atoms with Crippen molar-refractivity contribution in [2.24, 2.45) is 0 Å². The number of amides is 1. The number of ketones is 1. The van der Waals surface area contributed by atoms with E-state index in [9.17, 15) is 9.59 Å². The summed E-state index contributed by atoms with van der Waals surface area (Å²) in [6, 6.07) is 7.22. The molecule has 4 nitrogen and oxygen atoms in total. The molecule has 0 aromatic heterocycles. The Labute approximate surface area is 107 Å². The van der Waals surface area contributed by atoms with Gasteiger partial charge in [-0.1, -0.05) is 12.1 Å². The Morgan fingerprint density at radius 3 is 2.44 bits per heavy atom. The topological polar surface area (TPSA) is 41.8 Å². The molecular formula is C14H19N2O2+. The monoisotopic (exact) mass is 247 g/mol. The molecular weight excluding hydrogens is 228 g/mol. The number of quaternary nitrogens is 1. The zero-order valence-electron chi connectivity index (χ0n) is 10.9. The van der Waals surface area contributed by atoms with Gasteiger partial charge in [-0.05, 0) is 26.0 Å². The van der Waals surface area contributed by atoms with Gasteiger partial charge in [-0.3, -0.25) is 14.5 Å². The number of nitrogens with zero attached hydrogens (tertiary/aromatic N) is 1. The maximum atomic E-state index is 11.9. The summed E-state index contributed by atoms with van der Waals surface area (Å²) in [7, 11) is 0. The van der Waals surface area contributed by atoms with Crippen LogP contribution in [0.4, 0.5) is 5.69 Å². The molecule has 0 fully saturated rings. The van der Waals surface area contributed by atoms with E-state index in [-0.39, 0.29) is 11.7 Å². The summed E-state index contributed by atoms with van der Waals surface area (Å²) in [5.74, 6) is -0.761. The number of benzene rings is 1. The van der Waals surface area contributed by atoms with Crippen LogP contribution < -0.4 is 9.80 Å². The molecule has 18 heavy (non-hydrogen) atoms. The average Bonchev–Trinajstić information content (AvgIpc) is 2.65. The Morgan fingerprint density at radius 1 is 1.11 bits per heavy atom. The second-order valence-corrected chi connectivity index (χ2v) is 4.51. The van der Waals surface area contributed by atoms with Crippen molar-refractivity contribution in [1.29, 1.82) is 0 Å². The normalized spacial score (nSPS) is 14.5. The van der Waals surface area contributed by atoms with Crippen molar-refractivity contribution in [2.45, 2.75) is 13.8 Å². The highest BCUT2D eigenvalue weighted by Gasteiger charge is 2.35. The van der Waals surface area contributed by atoms with Crippen molar-refractivity contribution in [3.05, 3.63) is 29.8 Å². The highest BCUT2D eigenvalue weighted by molar-refractivity contribution is 6.52. The van der Waals surface area contributed by atoms with Gasteiger partial charge < -0.3 is 4.90 Å². The Bertz CT molecular complexity index is 467. The van der Waals surface area contributed by atoms with Crippen molar-refractivity contribution >= 4 is 17.4 Å². The summed E-state index contributed by atoms with van der Waals surface area (Å²) in [5, 5.41) is 0. The first-order chi connectivity index (χ1) is 8.69. The van der Waals surface area contributed by atoms with Gasteiger partial charge in [0.15, 0.2) is 0 Å². The average molecular weight is 247 g/mol. The summed E-state index contributed by atoms with van der Waals surface area (Å²) in [6.07, 6.45) is 0. The van der Waals surface area contributed by atoms with Gasteiger partial charge in [0, 0.05) is 0 Å². The van der Waals surface area contributed by atoms with Gasteiger partial charge in [-0.15, -0.1) is 0 Å². The molecule has 0 atom stereocenters. The molecule has 1 amide bonds. The zero-order chi connectivity index (χ0) is 13.1. The minimum Gasteiger partial charge on any atom is -0.334 e. The fourth-order valence-corrected chi connectivity index (χ4v) is 2.34. The maximum absolute atomic E-state index is 11.9. The molecule has 1 aromatic carbocycles.